The number of primary amides is 1. The fourth-order valence-electron chi connectivity index (χ4n) is 6.91. The van der Waals surface area contributed by atoms with Gasteiger partial charge in [0.1, 0.15) is 12.1 Å². The van der Waals surface area contributed by atoms with Crippen molar-refractivity contribution in [2.75, 3.05) is 6.54 Å². The zero-order chi connectivity index (χ0) is 33.1. The number of ketones is 2. The number of urea groups is 1. The van der Waals surface area contributed by atoms with Gasteiger partial charge in [-0.15, -0.1) is 0 Å². The van der Waals surface area contributed by atoms with Crippen molar-refractivity contribution in [1.82, 2.24) is 20.9 Å². The van der Waals surface area contributed by atoms with Crippen molar-refractivity contribution in [3.05, 3.63) is 12.2 Å². The molecule has 3 fully saturated rings. The van der Waals surface area contributed by atoms with Gasteiger partial charge in [0.25, 0.3) is 5.91 Å². The molecule has 44 heavy (non-hydrogen) atoms. The minimum atomic E-state index is -1.12. The van der Waals surface area contributed by atoms with E-state index in [-0.39, 0.29) is 24.2 Å². The zero-order valence-corrected chi connectivity index (χ0v) is 27.6. The molecule has 0 aromatic rings. The van der Waals surface area contributed by atoms with Gasteiger partial charge in [-0.05, 0) is 48.9 Å². The highest BCUT2D eigenvalue weighted by molar-refractivity contribution is 6.37. The number of likely N-dealkylation sites (tertiary alicyclic amines) is 1. The number of amides is 5. The van der Waals surface area contributed by atoms with Crippen molar-refractivity contribution in [3.8, 4) is 0 Å². The summed E-state index contributed by atoms with van der Waals surface area (Å²) in [5, 5.41) is 8.41. The first-order valence-electron chi connectivity index (χ1n) is 16.0. The van der Waals surface area contributed by atoms with Gasteiger partial charge in [-0.25, -0.2) is 4.79 Å². The van der Waals surface area contributed by atoms with Gasteiger partial charge in [-0.1, -0.05) is 85.8 Å². The van der Waals surface area contributed by atoms with E-state index in [0.29, 0.717) is 12.0 Å². The lowest BCUT2D eigenvalue weighted by atomic mass is 9.74. The Morgan fingerprint density at radius 1 is 0.909 bits per heavy atom. The Morgan fingerprint density at radius 2 is 1.50 bits per heavy atom. The lowest BCUT2D eigenvalue weighted by Crippen LogP contribution is -2.62. The molecule has 0 aromatic carbocycles. The predicted molar refractivity (Wildman–Crippen MR) is 167 cm³/mol. The summed E-state index contributed by atoms with van der Waals surface area (Å²) in [6.45, 7) is 17.1. The molecular formula is C33H53N5O6. The van der Waals surface area contributed by atoms with Gasteiger partial charge < -0.3 is 26.6 Å². The van der Waals surface area contributed by atoms with Crippen LogP contribution in [0.1, 0.15) is 99.8 Å². The third-order valence-corrected chi connectivity index (χ3v) is 9.33. The van der Waals surface area contributed by atoms with Crippen LogP contribution in [0.15, 0.2) is 12.2 Å². The minimum Gasteiger partial charge on any atom is -0.363 e. The lowest BCUT2D eigenvalue weighted by Gasteiger charge is -2.39. The van der Waals surface area contributed by atoms with Crippen LogP contribution in [0.3, 0.4) is 0 Å². The molecule has 0 radical (unpaired) electrons. The number of hydrogen-bond acceptors (Lipinski definition) is 6. The number of carbonyl (C=O) groups excluding carboxylic acids is 6. The highest BCUT2D eigenvalue weighted by Crippen LogP contribution is 2.42. The van der Waals surface area contributed by atoms with Crippen LogP contribution in [0.4, 0.5) is 4.79 Å². The minimum absolute atomic E-state index is 0.0463. The van der Waals surface area contributed by atoms with Gasteiger partial charge in [0, 0.05) is 12.5 Å². The Balaban J connectivity index is 1.89. The molecule has 0 aromatic heterocycles. The van der Waals surface area contributed by atoms with Crippen molar-refractivity contribution in [3.63, 3.8) is 0 Å². The smallest absolute Gasteiger partial charge is 0.316 e. The number of hydrogen-bond donors (Lipinski definition) is 4. The SMILES string of the molecule is C=C1CN(C(=O)[C@@H](NC(=O)N[C@H](C(C)=O)C2CCCCC2)C(C)(C)C)[C@H](C(=O)NC(CC2CC2)C(=O)C(N)=O)[C@H]1C(C)(C)C. The summed E-state index contributed by atoms with van der Waals surface area (Å²) in [7, 11) is 0. The molecule has 2 aliphatic carbocycles. The van der Waals surface area contributed by atoms with Gasteiger partial charge in [-0.2, -0.15) is 0 Å². The summed E-state index contributed by atoms with van der Waals surface area (Å²) in [5.74, 6) is -3.34. The Labute approximate surface area is 261 Å². The Kier molecular flexibility index (Phi) is 11.1. The standard InChI is InChI=1S/C33H53N5O6/c1-18-17-38(25(23(18)32(3,4)5)29(42)35-22(16-20-14-15-20)26(40)28(34)41)30(43)27(33(6,7)8)37-31(44)36-24(19(2)39)21-12-10-9-11-13-21/h20-25,27H,1,9-17H2,2-8H3,(H2,34,41)(H,35,42)(H2,36,37,44)/t22?,23-,24+,25-,27+/m0/s1. The van der Waals surface area contributed by atoms with Crippen molar-refractivity contribution < 1.29 is 28.8 Å². The largest absolute Gasteiger partial charge is 0.363 e. The molecule has 0 spiro atoms. The first kappa shape index (κ1) is 35.2. The average molecular weight is 616 g/mol. The molecule has 5 amide bonds. The summed E-state index contributed by atoms with van der Waals surface area (Å²) < 4.78 is 0. The fourth-order valence-corrected chi connectivity index (χ4v) is 6.91. The molecule has 11 heteroatoms. The third-order valence-electron chi connectivity index (χ3n) is 9.33. The average Bonchev–Trinajstić information content (AvgIpc) is 3.66. The molecule has 5 atom stereocenters. The summed E-state index contributed by atoms with van der Waals surface area (Å²) in [5.41, 5.74) is 4.74. The number of carbonyl (C=O) groups is 6. The van der Waals surface area contributed by atoms with E-state index in [0.717, 1.165) is 44.9 Å². The van der Waals surface area contributed by atoms with E-state index >= 15 is 0 Å². The molecule has 246 valence electrons. The van der Waals surface area contributed by atoms with Gasteiger partial charge in [0.2, 0.25) is 17.6 Å². The second-order valence-electron chi connectivity index (χ2n) is 15.3. The third kappa shape index (κ3) is 8.69. The van der Waals surface area contributed by atoms with Crippen LogP contribution in [-0.4, -0.2) is 70.9 Å². The summed E-state index contributed by atoms with van der Waals surface area (Å²) in [6.07, 6.45) is 6.94. The van der Waals surface area contributed by atoms with Gasteiger partial charge in [0.15, 0.2) is 5.78 Å². The fraction of sp³-hybridized carbons (Fsp3) is 0.758. The molecule has 5 N–H and O–H groups in total. The summed E-state index contributed by atoms with van der Waals surface area (Å²) in [6, 6.07) is -4.42. The maximum atomic E-state index is 14.4. The van der Waals surface area contributed by atoms with Crippen LogP contribution in [-0.2, 0) is 24.0 Å². The molecule has 1 saturated heterocycles. The first-order chi connectivity index (χ1) is 20.3. The monoisotopic (exact) mass is 615 g/mol. The van der Waals surface area contributed by atoms with E-state index in [9.17, 15) is 28.8 Å². The Morgan fingerprint density at radius 3 is 1.98 bits per heavy atom. The highest BCUT2D eigenvalue weighted by atomic mass is 16.2. The van der Waals surface area contributed by atoms with E-state index < -0.39 is 70.5 Å². The second kappa shape index (κ2) is 13.8. The van der Waals surface area contributed by atoms with E-state index in [2.05, 4.69) is 22.5 Å². The lowest BCUT2D eigenvalue weighted by molar-refractivity contribution is -0.145. The van der Waals surface area contributed by atoms with Crippen LogP contribution >= 0.6 is 0 Å². The van der Waals surface area contributed by atoms with Crippen molar-refractivity contribution >= 4 is 35.3 Å². The molecule has 2 saturated carbocycles. The van der Waals surface area contributed by atoms with E-state index in [4.69, 9.17) is 5.73 Å². The summed E-state index contributed by atoms with van der Waals surface area (Å²) >= 11 is 0. The quantitative estimate of drug-likeness (QED) is 0.206. The summed E-state index contributed by atoms with van der Waals surface area (Å²) in [4.78, 5) is 80.1. The molecule has 0 bridgehead atoms. The molecular weight excluding hydrogens is 562 g/mol. The Hall–Kier alpha value is -3.24. The van der Waals surface area contributed by atoms with Crippen molar-refractivity contribution in [1.29, 1.82) is 0 Å². The van der Waals surface area contributed by atoms with Crippen LogP contribution in [0, 0.1) is 28.6 Å². The van der Waals surface area contributed by atoms with Crippen LogP contribution < -0.4 is 21.7 Å². The zero-order valence-electron chi connectivity index (χ0n) is 27.6. The van der Waals surface area contributed by atoms with Crippen molar-refractivity contribution in [2.45, 2.75) is 124 Å². The topological polar surface area (TPSA) is 168 Å². The molecule has 1 heterocycles. The predicted octanol–water partition coefficient (Wildman–Crippen LogP) is 3.01. The molecule has 3 rings (SSSR count). The van der Waals surface area contributed by atoms with Gasteiger partial charge in [0.05, 0.1) is 12.1 Å². The van der Waals surface area contributed by atoms with E-state index in [1.165, 1.54) is 11.8 Å². The molecule has 1 aliphatic heterocycles. The number of nitrogens with zero attached hydrogens (tertiary/aromatic N) is 1. The second-order valence-corrected chi connectivity index (χ2v) is 15.3. The number of Topliss-reactive ketones (excluding diaryl/α,β-unsaturated/α-hetero) is 2. The Bertz CT molecular complexity index is 1160. The van der Waals surface area contributed by atoms with E-state index in [1.54, 1.807) is 0 Å². The number of nitrogens with two attached hydrogens (primary N) is 1. The molecule has 11 nitrogen and oxygen atoms in total. The molecule has 3 aliphatic rings. The number of nitrogens with one attached hydrogen (secondary N) is 3. The maximum absolute atomic E-state index is 14.4. The van der Waals surface area contributed by atoms with Gasteiger partial charge in [-0.3, -0.25) is 24.0 Å². The normalized spacial score (nSPS) is 23.3. The number of rotatable bonds is 11. The first-order valence-corrected chi connectivity index (χ1v) is 16.0. The van der Waals surface area contributed by atoms with Gasteiger partial charge >= 0.3 is 6.03 Å². The highest BCUT2D eigenvalue weighted by Gasteiger charge is 2.52. The van der Waals surface area contributed by atoms with Crippen molar-refractivity contribution in [2.24, 2.45) is 34.3 Å². The van der Waals surface area contributed by atoms with Crippen LogP contribution in [0.5, 0.6) is 0 Å². The molecule has 1 unspecified atom stereocenters. The van der Waals surface area contributed by atoms with Crippen LogP contribution in [0.2, 0.25) is 0 Å². The maximum Gasteiger partial charge on any atom is 0.316 e. The van der Waals surface area contributed by atoms with Crippen LogP contribution in [0.25, 0.3) is 0 Å². The van der Waals surface area contributed by atoms with E-state index in [1.807, 2.05) is 41.5 Å².